The predicted molar refractivity (Wildman–Crippen MR) is 184 cm³/mol. The molecule has 0 aliphatic heterocycles. The van der Waals surface area contributed by atoms with Crippen LogP contribution in [0, 0.1) is 0 Å². The Morgan fingerprint density at radius 3 is 1.73 bits per heavy atom. The summed E-state index contributed by atoms with van der Waals surface area (Å²) < 4.78 is 6.45. The van der Waals surface area contributed by atoms with Crippen molar-refractivity contribution in [1.82, 2.24) is 15.0 Å². The molecule has 0 spiro atoms. The maximum atomic E-state index is 6.45. The molecule has 0 radical (unpaired) electrons. The van der Waals surface area contributed by atoms with E-state index in [2.05, 4.69) is 103 Å². The number of fused-ring (bicyclic) bond motifs is 6. The molecule has 0 fully saturated rings. The minimum atomic E-state index is 0.609. The Bertz CT molecular complexity index is 2520. The summed E-state index contributed by atoms with van der Waals surface area (Å²) in [5, 5.41) is 6.81. The van der Waals surface area contributed by atoms with Crippen LogP contribution in [0.25, 0.3) is 88.8 Å². The molecule has 4 nitrogen and oxygen atoms in total. The van der Waals surface area contributed by atoms with Crippen molar-refractivity contribution in [2.24, 2.45) is 0 Å². The molecule has 0 amide bonds. The molecule has 0 bridgehead atoms. The normalized spacial score (nSPS) is 11.6. The molecule has 0 atom stereocenters. The van der Waals surface area contributed by atoms with Crippen molar-refractivity contribution in [3.63, 3.8) is 0 Å². The fourth-order valence-electron chi connectivity index (χ4n) is 6.30. The van der Waals surface area contributed by atoms with E-state index in [1.807, 2.05) is 48.5 Å². The zero-order valence-corrected chi connectivity index (χ0v) is 24.2. The molecule has 0 saturated heterocycles. The zero-order chi connectivity index (χ0) is 29.7. The number of hydrogen-bond donors (Lipinski definition) is 0. The number of benzene rings is 7. The molecule has 7 aromatic carbocycles. The van der Waals surface area contributed by atoms with Gasteiger partial charge in [0.15, 0.2) is 17.5 Å². The molecule has 9 rings (SSSR count). The molecule has 0 aliphatic rings. The van der Waals surface area contributed by atoms with Gasteiger partial charge in [0.1, 0.15) is 11.2 Å². The van der Waals surface area contributed by atoms with Crippen LogP contribution < -0.4 is 0 Å². The van der Waals surface area contributed by atoms with Crippen molar-refractivity contribution < 1.29 is 4.42 Å². The van der Waals surface area contributed by atoms with E-state index in [1.54, 1.807) is 0 Å². The van der Waals surface area contributed by atoms with Gasteiger partial charge in [-0.3, -0.25) is 0 Å². The first-order valence-electron chi connectivity index (χ1n) is 15.0. The SMILES string of the molecule is c1ccc(-c2ccc(-c3nc(-c4ccccc4)nc(-c4cccc5oc6cc7ccc8ccccc8c7cc6c45)n3)cc2)cc1. The van der Waals surface area contributed by atoms with Crippen molar-refractivity contribution in [3.8, 4) is 45.3 Å². The van der Waals surface area contributed by atoms with Crippen LogP contribution in [0.1, 0.15) is 0 Å². The summed E-state index contributed by atoms with van der Waals surface area (Å²) in [4.78, 5) is 15.1. The van der Waals surface area contributed by atoms with E-state index >= 15 is 0 Å². The number of hydrogen-bond acceptors (Lipinski definition) is 4. The summed E-state index contributed by atoms with van der Waals surface area (Å²) in [6.07, 6.45) is 0. The van der Waals surface area contributed by atoms with Crippen LogP contribution in [0.3, 0.4) is 0 Å². The van der Waals surface area contributed by atoms with Crippen LogP contribution in [0.5, 0.6) is 0 Å². The highest BCUT2D eigenvalue weighted by Crippen LogP contribution is 2.39. The van der Waals surface area contributed by atoms with E-state index in [9.17, 15) is 0 Å². The van der Waals surface area contributed by atoms with Crippen LogP contribution in [-0.4, -0.2) is 15.0 Å². The first kappa shape index (κ1) is 25.4. The Kier molecular flexibility index (Phi) is 5.78. The van der Waals surface area contributed by atoms with Gasteiger partial charge in [0.2, 0.25) is 0 Å². The average molecular weight is 576 g/mol. The maximum Gasteiger partial charge on any atom is 0.164 e. The number of furan rings is 1. The molecule has 2 aromatic heterocycles. The zero-order valence-electron chi connectivity index (χ0n) is 24.2. The Labute approximate surface area is 259 Å². The predicted octanol–water partition coefficient (Wildman–Crippen LogP) is 10.7. The lowest BCUT2D eigenvalue weighted by atomic mass is 9.98. The highest BCUT2D eigenvalue weighted by molar-refractivity contribution is 6.19. The summed E-state index contributed by atoms with van der Waals surface area (Å²) in [5.74, 6) is 1.86. The second kappa shape index (κ2) is 10.2. The quantitative estimate of drug-likeness (QED) is 0.196. The highest BCUT2D eigenvalue weighted by atomic mass is 16.3. The Hall–Kier alpha value is -6.13. The third-order valence-electron chi connectivity index (χ3n) is 8.52. The Morgan fingerprint density at radius 1 is 0.356 bits per heavy atom. The topological polar surface area (TPSA) is 51.8 Å². The first-order valence-corrected chi connectivity index (χ1v) is 15.0. The summed E-state index contributed by atoms with van der Waals surface area (Å²) in [5.41, 5.74) is 6.73. The second-order valence-corrected chi connectivity index (χ2v) is 11.3. The fourth-order valence-corrected chi connectivity index (χ4v) is 6.30. The maximum absolute atomic E-state index is 6.45. The average Bonchev–Trinajstić information content (AvgIpc) is 3.49. The molecule has 0 saturated carbocycles. The third-order valence-corrected chi connectivity index (χ3v) is 8.52. The summed E-state index contributed by atoms with van der Waals surface area (Å²) in [6.45, 7) is 0. The van der Waals surface area contributed by atoms with Gasteiger partial charge in [0, 0.05) is 27.5 Å². The molecular weight excluding hydrogens is 550 g/mol. The van der Waals surface area contributed by atoms with Gasteiger partial charge in [-0.25, -0.2) is 15.0 Å². The van der Waals surface area contributed by atoms with Crippen molar-refractivity contribution >= 4 is 43.5 Å². The monoisotopic (exact) mass is 575 g/mol. The molecular formula is C41H25N3O. The minimum absolute atomic E-state index is 0.609. The smallest absolute Gasteiger partial charge is 0.164 e. The number of rotatable bonds is 4. The molecule has 210 valence electrons. The largest absolute Gasteiger partial charge is 0.456 e. The Balaban J connectivity index is 1.27. The third kappa shape index (κ3) is 4.35. The van der Waals surface area contributed by atoms with Crippen molar-refractivity contribution in [2.75, 3.05) is 0 Å². The van der Waals surface area contributed by atoms with E-state index < -0.39 is 0 Å². The van der Waals surface area contributed by atoms with Gasteiger partial charge in [0.05, 0.1) is 0 Å². The second-order valence-electron chi connectivity index (χ2n) is 11.3. The van der Waals surface area contributed by atoms with E-state index in [0.717, 1.165) is 49.6 Å². The highest BCUT2D eigenvalue weighted by Gasteiger charge is 2.18. The number of nitrogens with zero attached hydrogens (tertiary/aromatic N) is 3. The minimum Gasteiger partial charge on any atom is -0.456 e. The van der Waals surface area contributed by atoms with Crippen molar-refractivity contribution in [2.45, 2.75) is 0 Å². The van der Waals surface area contributed by atoms with Gasteiger partial charge in [-0.05, 0) is 50.9 Å². The lowest BCUT2D eigenvalue weighted by molar-refractivity contribution is 0.669. The molecule has 0 aliphatic carbocycles. The molecule has 2 heterocycles. The van der Waals surface area contributed by atoms with Crippen LogP contribution in [0.15, 0.2) is 156 Å². The molecule has 0 N–H and O–H groups in total. The van der Waals surface area contributed by atoms with E-state index in [4.69, 9.17) is 19.4 Å². The van der Waals surface area contributed by atoms with E-state index in [0.29, 0.717) is 17.5 Å². The number of aromatic nitrogens is 3. The summed E-state index contributed by atoms with van der Waals surface area (Å²) >= 11 is 0. The van der Waals surface area contributed by atoms with Crippen LogP contribution in [0.4, 0.5) is 0 Å². The molecule has 4 heteroatoms. The van der Waals surface area contributed by atoms with Gasteiger partial charge in [0.25, 0.3) is 0 Å². The molecule has 9 aromatic rings. The van der Waals surface area contributed by atoms with Crippen molar-refractivity contribution in [1.29, 1.82) is 0 Å². The fraction of sp³-hybridized carbons (Fsp3) is 0. The van der Waals surface area contributed by atoms with Crippen molar-refractivity contribution in [3.05, 3.63) is 152 Å². The van der Waals surface area contributed by atoms with Crippen LogP contribution in [-0.2, 0) is 0 Å². The van der Waals surface area contributed by atoms with Gasteiger partial charge in [-0.1, -0.05) is 133 Å². The first-order chi connectivity index (χ1) is 22.3. The molecule has 45 heavy (non-hydrogen) atoms. The Morgan fingerprint density at radius 2 is 0.956 bits per heavy atom. The standard InChI is InChI=1S/C41H25N3O/c1-3-10-26(11-4-1)27-18-21-30(22-19-27)40-42-39(29-13-5-2-6-14-29)43-41(44-40)33-16-9-17-36-38(33)35-25-34-31(24-37(35)45-36)23-20-28-12-7-8-15-32(28)34/h1-25H. The van der Waals surface area contributed by atoms with Gasteiger partial charge >= 0.3 is 0 Å². The molecule has 0 unspecified atom stereocenters. The van der Waals surface area contributed by atoms with Gasteiger partial charge < -0.3 is 4.42 Å². The van der Waals surface area contributed by atoms with Crippen LogP contribution in [0.2, 0.25) is 0 Å². The lowest BCUT2D eigenvalue weighted by Crippen LogP contribution is -2.00. The van der Waals surface area contributed by atoms with E-state index in [-0.39, 0.29) is 0 Å². The lowest BCUT2D eigenvalue weighted by Gasteiger charge is -2.10. The summed E-state index contributed by atoms with van der Waals surface area (Å²) in [6, 6.07) is 52.2. The van der Waals surface area contributed by atoms with E-state index in [1.165, 1.54) is 21.7 Å². The van der Waals surface area contributed by atoms with Gasteiger partial charge in [-0.2, -0.15) is 0 Å². The summed E-state index contributed by atoms with van der Waals surface area (Å²) in [7, 11) is 0. The van der Waals surface area contributed by atoms with Crippen LogP contribution >= 0.6 is 0 Å². The van der Waals surface area contributed by atoms with Gasteiger partial charge in [-0.15, -0.1) is 0 Å².